The van der Waals surface area contributed by atoms with Crippen molar-refractivity contribution in [1.29, 1.82) is 5.26 Å². The van der Waals surface area contributed by atoms with Crippen molar-refractivity contribution in [1.82, 2.24) is 15.0 Å². The molecule has 7 heteroatoms. The van der Waals surface area contributed by atoms with Gasteiger partial charge >= 0.3 is 0 Å². The summed E-state index contributed by atoms with van der Waals surface area (Å²) in [4.78, 5) is 18.8. The number of amides is 1. The molecule has 7 nitrogen and oxygen atoms in total. The summed E-state index contributed by atoms with van der Waals surface area (Å²) < 4.78 is 5.49. The Balaban J connectivity index is 1.50. The highest BCUT2D eigenvalue weighted by molar-refractivity contribution is 5.82. The molecule has 2 aliphatic rings. The predicted molar refractivity (Wildman–Crippen MR) is 108 cm³/mol. The lowest BCUT2D eigenvalue weighted by molar-refractivity contribution is -0.128. The number of fused-ring (bicyclic) bond motifs is 2. The lowest BCUT2D eigenvalue weighted by Gasteiger charge is -2.24. The minimum Gasteiger partial charge on any atom is -0.395 e. The first-order valence-corrected chi connectivity index (χ1v) is 9.99. The lowest BCUT2D eigenvalue weighted by Crippen LogP contribution is -2.32. The predicted octanol–water partition coefficient (Wildman–Crippen LogP) is 2.68. The molecule has 5 rings (SSSR count). The molecule has 0 saturated carbocycles. The summed E-state index contributed by atoms with van der Waals surface area (Å²) in [7, 11) is 0. The number of aliphatic hydroxyl groups is 1. The van der Waals surface area contributed by atoms with Crippen LogP contribution in [0.4, 0.5) is 0 Å². The second-order valence-corrected chi connectivity index (χ2v) is 7.94. The Morgan fingerprint density at radius 3 is 2.97 bits per heavy atom. The molecular formula is C23H20N4O3. The van der Waals surface area contributed by atoms with Crippen LogP contribution in [0.1, 0.15) is 29.5 Å². The fourth-order valence-electron chi connectivity index (χ4n) is 4.82. The molecule has 0 radical (unpaired) electrons. The number of rotatable bonds is 4. The molecule has 1 amide bonds. The van der Waals surface area contributed by atoms with Gasteiger partial charge in [-0.1, -0.05) is 29.4 Å². The first-order valence-electron chi connectivity index (χ1n) is 9.99. The topological polar surface area (TPSA) is 103 Å². The summed E-state index contributed by atoms with van der Waals surface area (Å²) in [6.07, 6.45) is 2.21. The van der Waals surface area contributed by atoms with Gasteiger partial charge in [0, 0.05) is 36.1 Å². The van der Waals surface area contributed by atoms with Gasteiger partial charge in [-0.2, -0.15) is 10.2 Å². The zero-order chi connectivity index (χ0) is 20.7. The second kappa shape index (κ2) is 7.08. The van der Waals surface area contributed by atoms with E-state index in [4.69, 9.17) is 9.78 Å². The van der Waals surface area contributed by atoms with Crippen molar-refractivity contribution in [2.45, 2.75) is 24.7 Å². The van der Waals surface area contributed by atoms with Gasteiger partial charge < -0.3 is 14.5 Å². The van der Waals surface area contributed by atoms with Crippen LogP contribution in [0.2, 0.25) is 0 Å². The van der Waals surface area contributed by atoms with Crippen LogP contribution < -0.4 is 0 Å². The Hall–Kier alpha value is -3.50. The molecule has 3 aromatic rings. The van der Waals surface area contributed by atoms with Gasteiger partial charge in [0.2, 0.25) is 11.7 Å². The minimum absolute atomic E-state index is 0.0205. The van der Waals surface area contributed by atoms with Crippen LogP contribution in [0.25, 0.3) is 22.8 Å². The van der Waals surface area contributed by atoms with Crippen LogP contribution in [0.15, 0.2) is 47.0 Å². The summed E-state index contributed by atoms with van der Waals surface area (Å²) in [5.41, 5.74) is 4.29. The van der Waals surface area contributed by atoms with Crippen molar-refractivity contribution in [2.24, 2.45) is 0 Å². The summed E-state index contributed by atoms with van der Waals surface area (Å²) in [5, 5.41) is 22.6. The van der Waals surface area contributed by atoms with E-state index in [-0.39, 0.29) is 17.9 Å². The molecule has 30 heavy (non-hydrogen) atoms. The maximum Gasteiger partial charge on any atom is 0.258 e. The monoisotopic (exact) mass is 400 g/mol. The van der Waals surface area contributed by atoms with Gasteiger partial charge in [0.25, 0.3) is 5.89 Å². The maximum atomic E-state index is 12.5. The maximum absolute atomic E-state index is 12.5. The van der Waals surface area contributed by atoms with E-state index < -0.39 is 0 Å². The van der Waals surface area contributed by atoms with E-state index in [0.29, 0.717) is 42.4 Å². The van der Waals surface area contributed by atoms with E-state index in [1.54, 1.807) is 23.1 Å². The number of carbonyl (C=O) groups excluding carboxylic acids is 1. The molecule has 1 fully saturated rings. The zero-order valence-electron chi connectivity index (χ0n) is 16.3. The molecule has 1 N–H and O–H groups in total. The summed E-state index contributed by atoms with van der Waals surface area (Å²) >= 11 is 0. The van der Waals surface area contributed by atoms with E-state index in [0.717, 1.165) is 24.0 Å². The van der Waals surface area contributed by atoms with Gasteiger partial charge in [0.05, 0.1) is 18.2 Å². The second-order valence-electron chi connectivity index (χ2n) is 7.94. The van der Waals surface area contributed by atoms with Crippen molar-refractivity contribution in [3.8, 4) is 28.9 Å². The van der Waals surface area contributed by atoms with Crippen molar-refractivity contribution >= 4 is 5.91 Å². The summed E-state index contributed by atoms with van der Waals surface area (Å²) in [6, 6.07) is 15.3. The van der Waals surface area contributed by atoms with Crippen molar-refractivity contribution < 1.29 is 14.4 Å². The van der Waals surface area contributed by atoms with E-state index in [2.05, 4.69) is 22.3 Å². The number of carbonyl (C=O) groups is 1. The number of β-amino-alcohol motifs (C(OH)–C–C–N with tert-alkyl or cyclic N) is 1. The highest BCUT2D eigenvalue weighted by Gasteiger charge is 2.48. The third-order valence-corrected chi connectivity index (χ3v) is 6.21. The molecule has 1 aromatic heterocycles. The molecule has 1 atom stereocenters. The molecule has 150 valence electrons. The number of aliphatic hydroxyl groups excluding tert-OH is 1. The Morgan fingerprint density at radius 1 is 1.27 bits per heavy atom. The van der Waals surface area contributed by atoms with Gasteiger partial charge in [-0.3, -0.25) is 4.79 Å². The smallest absolute Gasteiger partial charge is 0.258 e. The number of nitriles is 1. The quantitative estimate of drug-likeness (QED) is 0.722. The third kappa shape index (κ3) is 2.88. The van der Waals surface area contributed by atoms with Crippen LogP contribution in [0.3, 0.4) is 0 Å². The molecule has 2 aromatic carbocycles. The summed E-state index contributed by atoms with van der Waals surface area (Å²) in [6.45, 7) is 1.00. The van der Waals surface area contributed by atoms with Crippen LogP contribution in [0, 0.1) is 11.3 Å². The van der Waals surface area contributed by atoms with Gasteiger partial charge in [-0.15, -0.1) is 0 Å². The van der Waals surface area contributed by atoms with Crippen molar-refractivity contribution in [2.75, 3.05) is 19.7 Å². The number of aromatic nitrogens is 2. The number of hydrogen-bond acceptors (Lipinski definition) is 6. The molecule has 0 bridgehead atoms. The first kappa shape index (κ1) is 18.5. The number of benzene rings is 2. The zero-order valence-corrected chi connectivity index (χ0v) is 16.3. The molecular weight excluding hydrogens is 380 g/mol. The van der Waals surface area contributed by atoms with Gasteiger partial charge in [0.1, 0.15) is 0 Å². The Bertz CT molecular complexity index is 1180. The molecule has 1 spiro atoms. The van der Waals surface area contributed by atoms with Gasteiger partial charge in [0.15, 0.2) is 0 Å². The summed E-state index contributed by atoms with van der Waals surface area (Å²) in [5.74, 6) is 0.983. The molecule has 1 unspecified atom stereocenters. The van der Waals surface area contributed by atoms with Crippen LogP contribution in [0.5, 0.6) is 0 Å². The SMILES string of the molecule is N#Cc1cccc(-c2nc(-c3cccc4c3CCC43CC(=O)N(CCO)C3)no2)c1. The standard InChI is InChI=1S/C23H20N4O3/c24-13-15-3-1-4-16(11-15)22-25-21(26-30-22)18-5-2-6-19-17(18)7-8-23(19)12-20(29)27(14-23)9-10-28/h1-6,11,28H,7-10,12,14H2. The van der Waals surface area contributed by atoms with E-state index in [9.17, 15) is 9.90 Å². The highest BCUT2D eigenvalue weighted by atomic mass is 16.5. The van der Waals surface area contributed by atoms with E-state index in [1.807, 2.05) is 18.2 Å². The van der Waals surface area contributed by atoms with Crippen LogP contribution >= 0.6 is 0 Å². The number of likely N-dealkylation sites (tertiary alicyclic amines) is 1. The lowest BCUT2D eigenvalue weighted by atomic mass is 9.80. The fraction of sp³-hybridized carbons (Fsp3) is 0.304. The average molecular weight is 400 g/mol. The van der Waals surface area contributed by atoms with E-state index >= 15 is 0 Å². The van der Waals surface area contributed by atoms with Crippen LogP contribution in [-0.2, 0) is 16.6 Å². The number of hydrogen-bond donors (Lipinski definition) is 1. The Labute approximate surface area is 173 Å². The van der Waals surface area contributed by atoms with Crippen molar-refractivity contribution in [3.63, 3.8) is 0 Å². The largest absolute Gasteiger partial charge is 0.395 e. The van der Waals surface area contributed by atoms with Gasteiger partial charge in [-0.25, -0.2) is 0 Å². The normalized spacial score (nSPS) is 20.0. The Morgan fingerprint density at radius 2 is 2.13 bits per heavy atom. The minimum atomic E-state index is -0.203. The van der Waals surface area contributed by atoms with Crippen molar-refractivity contribution in [3.05, 3.63) is 59.2 Å². The fourth-order valence-corrected chi connectivity index (χ4v) is 4.82. The molecule has 1 aliphatic heterocycles. The first-order chi connectivity index (χ1) is 14.6. The molecule has 1 saturated heterocycles. The van der Waals surface area contributed by atoms with Gasteiger partial charge in [-0.05, 0) is 42.2 Å². The number of nitrogens with zero attached hydrogens (tertiary/aromatic N) is 4. The molecule has 1 aliphatic carbocycles. The average Bonchev–Trinajstić information content (AvgIpc) is 3.47. The van der Waals surface area contributed by atoms with E-state index in [1.165, 1.54) is 5.56 Å². The Kier molecular flexibility index (Phi) is 4.37. The highest BCUT2D eigenvalue weighted by Crippen LogP contribution is 2.48. The van der Waals surface area contributed by atoms with Crippen LogP contribution in [-0.4, -0.2) is 45.8 Å². The third-order valence-electron chi connectivity index (χ3n) is 6.21. The molecule has 2 heterocycles.